The SMILES string of the molecule is CC(NC(=O)NCc1ccccc1)c1ccc(NS(C)(=O)=O)cc1. The fourth-order valence-corrected chi connectivity index (χ4v) is 2.73. The highest BCUT2D eigenvalue weighted by molar-refractivity contribution is 7.92. The van der Waals surface area contributed by atoms with Crippen LogP contribution >= 0.6 is 0 Å². The molecule has 1 unspecified atom stereocenters. The Morgan fingerprint density at radius 2 is 1.67 bits per heavy atom. The van der Waals surface area contributed by atoms with Gasteiger partial charge < -0.3 is 10.6 Å². The summed E-state index contributed by atoms with van der Waals surface area (Å²) in [5.41, 5.74) is 2.39. The lowest BCUT2D eigenvalue weighted by molar-refractivity contribution is 0.237. The number of hydrogen-bond donors (Lipinski definition) is 3. The molecule has 0 saturated heterocycles. The Hall–Kier alpha value is -2.54. The molecule has 2 rings (SSSR count). The molecule has 6 nitrogen and oxygen atoms in total. The third kappa shape index (κ3) is 5.92. The summed E-state index contributed by atoms with van der Waals surface area (Å²) in [5.74, 6) is 0. The van der Waals surface area contributed by atoms with Crippen LogP contribution in [-0.2, 0) is 16.6 Å². The standard InChI is InChI=1S/C17H21N3O3S/c1-13(15-8-10-16(11-9-15)20-24(2,22)23)19-17(21)18-12-14-6-4-3-5-7-14/h3-11,13,20H,12H2,1-2H3,(H2,18,19,21). The third-order valence-corrected chi connectivity index (χ3v) is 3.96. The van der Waals surface area contributed by atoms with Crippen molar-refractivity contribution in [1.82, 2.24) is 10.6 Å². The second kappa shape index (κ2) is 7.83. The molecular weight excluding hydrogens is 326 g/mol. The number of amides is 2. The average Bonchev–Trinajstić information content (AvgIpc) is 2.53. The summed E-state index contributed by atoms with van der Waals surface area (Å²) >= 11 is 0. The van der Waals surface area contributed by atoms with Crippen molar-refractivity contribution >= 4 is 21.7 Å². The number of benzene rings is 2. The average molecular weight is 347 g/mol. The molecule has 0 bridgehead atoms. The van der Waals surface area contributed by atoms with Crippen molar-refractivity contribution in [3.05, 3.63) is 65.7 Å². The minimum Gasteiger partial charge on any atom is -0.334 e. The van der Waals surface area contributed by atoms with Gasteiger partial charge in [0.1, 0.15) is 0 Å². The van der Waals surface area contributed by atoms with Gasteiger partial charge in [0.2, 0.25) is 10.0 Å². The van der Waals surface area contributed by atoms with Crippen molar-refractivity contribution in [1.29, 1.82) is 0 Å². The molecule has 0 aliphatic carbocycles. The van der Waals surface area contributed by atoms with E-state index in [0.29, 0.717) is 12.2 Å². The van der Waals surface area contributed by atoms with E-state index in [1.165, 1.54) is 0 Å². The van der Waals surface area contributed by atoms with E-state index in [1.54, 1.807) is 24.3 Å². The summed E-state index contributed by atoms with van der Waals surface area (Å²) in [4.78, 5) is 11.9. The molecule has 0 spiro atoms. The van der Waals surface area contributed by atoms with Crippen LogP contribution in [0.5, 0.6) is 0 Å². The van der Waals surface area contributed by atoms with Gasteiger partial charge in [-0.2, -0.15) is 0 Å². The lowest BCUT2D eigenvalue weighted by atomic mass is 10.1. The molecule has 0 saturated carbocycles. The zero-order chi connectivity index (χ0) is 17.6. The maximum atomic E-state index is 11.9. The predicted octanol–water partition coefficient (Wildman–Crippen LogP) is 2.62. The molecule has 3 N–H and O–H groups in total. The second-order valence-corrected chi connectivity index (χ2v) is 7.28. The van der Waals surface area contributed by atoms with Gasteiger partial charge in [-0.15, -0.1) is 0 Å². The predicted molar refractivity (Wildman–Crippen MR) is 95.1 cm³/mol. The van der Waals surface area contributed by atoms with Gasteiger partial charge in [-0.05, 0) is 30.2 Å². The quantitative estimate of drug-likeness (QED) is 0.751. The van der Waals surface area contributed by atoms with Crippen LogP contribution in [-0.4, -0.2) is 20.7 Å². The van der Waals surface area contributed by atoms with Gasteiger partial charge in [-0.1, -0.05) is 42.5 Å². The van der Waals surface area contributed by atoms with Gasteiger partial charge in [0.15, 0.2) is 0 Å². The Labute approximate surface area is 142 Å². The van der Waals surface area contributed by atoms with Gasteiger partial charge in [0.25, 0.3) is 0 Å². The molecule has 24 heavy (non-hydrogen) atoms. The highest BCUT2D eigenvalue weighted by atomic mass is 32.2. The Balaban J connectivity index is 1.87. The van der Waals surface area contributed by atoms with Crippen LogP contribution in [0.1, 0.15) is 24.1 Å². The van der Waals surface area contributed by atoms with Gasteiger partial charge >= 0.3 is 6.03 Å². The smallest absolute Gasteiger partial charge is 0.315 e. The van der Waals surface area contributed by atoms with Gasteiger partial charge in [-0.25, -0.2) is 13.2 Å². The van der Waals surface area contributed by atoms with E-state index in [-0.39, 0.29) is 12.1 Å². The van der Waals surface area contributed by atoms with E-state index >= 15 is 0 Å². The first-order valence-electron chi connectivity index (χ1n) is 7.49. The summed E-state index contributed by atoms with van der Waals surface area (Å²) in [6.45, 7) is 2.32. The number of sulfonamides is 1. The van der Waals surface area contributed by atoms with Crippen LogP contribution in [0, 0.1) is 0 Å². The van der Waals surface area contributed by atoms with Crippen LogP contribution in [0.15, 0.2) is 54.6 Å². The Morgan fingerprint density at radius 3 is 2.25 bits per heavy atom. The Morgan fingerprint density at radius 1 is 1.04 bits per heavy atom. The minimum absolute atomic E-state index is 0.201. The van der Waals surface area contributed by atoms with Gasteiger partial charge in [0.05, 0.1) is 12.3 Å². The summed E-state index contributed by atoms with van der Waals surface area (Å²) in [6.07, 6.45) is 1.10. The van der Waals surface area contributed by atoms with Crippen LogP contribution in [0.2, 0.25) is 0 Å². The summed E-state index contributed by atoms with van der Waals surface area (Å²) in [5, 5.41) is 5.65. The van der Waals surface area contributed by atoms with Crippen LogP contribution < -0.4 is 15.4 Å². The molecular formula is C17H21N3O3S. The number of anilines is 1. The van der Waals surface area contributed by atoms with E-state index in [9.17, 15) is 13.2 Å². The molecule has 0 aliphatic rings. The first kappa shape index (κ1) is 17.8. The highest BCUT2D eigenvalue weighted by Gasteiger charge is 2.10. The lowest BCUT2D eigenvalue weighted by Gasteiger charge is -2.15. The van der Waals surface area contributed by atoms with E-state index < -0.39 is 10.0 Å². The maximum Gasteiger partial charge on any atom is 0.315 e. The third-order valence-electron chi connectivity index (χ3n) is 3.36. The molecule has 0 aliphatic heterocycles. The molecule has 2 amide bonds. The largest absolute Gasteiger partial charge is 0.334 e. The topological polar surface area (TPSA) is 87.3 Å². The molecule has 0 heterocycles. The summed E-state index contributed by atoms with van der Waals surface area (Å²) in [7, 11) is -3.29. The zero-order valence-corrected chi connectivity index (χ0v) is 14.4. The number of rotatable bonds is 6. The fraction of sp³-hybridized carbons (Fsp3) is 0.235. The number of urea groups is 1. The highest BCUT2D eigenvalue weighted by Crippen LogP contribution is 2.16. The lowest BCUT2D eigenvalue weighted by Crippen LogP contribution is -2.36. The van der Waals surface area contributed by atoms with Crippen molar-refractivity contribution in [2.24, 2.45) is 0 Å². The normalized spacial score (nSPS) is 12.2. The summed E-state index contributed by atoms with van der Waals surface area (Å²) < 4.78 is 24.8. The van der Waals surface area contributed by atoms with E-state index in [0.717, 1.165) is 17.4 Å². The molecule has 2 aromatic carbocycles. The minimum atomic E-state index is -3.29. The van der Waals surface area contributed by atoms with Crippen LogP contribution in [0.4, 0.5) is 10.5 Å². The van der Waals surface area contributed by atoms with Crippen molar-refractivity contribution in [2.75, 3.05) is 11.0 Å². The molecule has 0 aromatic heterocycles. The molecule has 1 atom stereocenters. The number of nitrogens with one attached hydrogen (secondary N) is 3. The summed E-state index contributed by atoms with van der Waals surface area (Å²) in [6, 6.07) is 16.1. The molecule has 7 heteroatoms. The van der Waals surface area contributed by atoms with Crippen molar-refractivity contribution in [3.8, 4) is 0 Å². The van der Waals surface area contributed by atoms with Gasteiger partial charge in [-0.3, -0.25) is 4.72 Å². The molecule has 2 aromatic rings. The Bertz CT molecular complexity index is 774. The monoisotopic (exact) mass is 347 g/mol. The maximum absolute atomic E-state index is 11.9. The number of carbonyl (C=O) groups is 1. The second-order valence-electron chi connectivity index (χ2n) is 5.53. The van der Waals surface area contributed by atoms with E-state index in [4.69, 9.17) is 0 Å². The first-order chi connectivity index (χ1) is 11.3. The number of carbonyl (C=O) groups excluding carboxylic acids is 1. The first-order valence-corrected chi connectivity index (χ1v) is 9.39. The van der Waals surface area contributed by atoms with Crippen molar-refractivity contribution < 1.29 is 13.2 Å². The molecule has 0 fully saturated rings. The van der Waals surface area contributed by atoms with Crippen molar-refractivity contribution in [2.45, 2.75) is 19.5 Å². The van der Waals surface area contributed by atoms with E-state index in [1.807, 2.05) is 37.3 Å². The van der Waals surface area contributed by atoms with Crippen LogP contribution in [0.25, 0.3) is 0 Å². The Kier molecular flexibility index (Phi) is 5.81. The fourth-order valence-electron chi connectivity index (χ4n) is 2.16. The van der Waals surface area contributed by atoms with Gasteiger partial charge in [0, 0.05) is 12.2 Å². The van der Waals surface area contributed by atoms with Crippen LogP contribution in [0.3, 0.4) is 0 Å². The van der Waals surface area contributed by atoms with Crippen molar-refractivity contribution in [3.63, 3.8) is 0 Å². The zero-order valence-electron chi connectivity index (χ0n) is 13.6. The molecule has 0 radical (unpaired) electrons. The van der Waals surface area contributed by atoms with E-state index in [2.05, 4.69) is 15.4 Å². The molecule has 128 valence electrons. The number of hydrogen-bond acceptors (Lipinski definition) is 3.